The van der Waals surface area contributed by atoms with Crippen molar-refractivity contribution in [3.8, 4) is 5.75 Å². The third-order valence-electron chi connectivity index (χ3n) is 2.58. The molecule has 1 aliphatic rings. The number of aromatic hydroxyl groups is 1. The van der Waals surface area contributed by atoms with Crippen molar-refractivity contribution in [1.82, 2.24) is 4.90 Å². The van der Waals surface area contributed by atoms with E-state index in [0.717, 1.165) is 12.1 Å². The van der Waals surface area contributed by atoms with E-state index in [1.165, 1.54) is 11.0 Å². The van der Waals surface area contributed by atoms with Crippen LogP contribution in [-0.2, 0) is 0 Å². The zero-order chi connectivity index (χ0) is 11.9. The fourth-order valence-corrected chi connectivity index (χ4v) is 1.82. The van der Waals surface area contributed by atoms with E-state index in [-0.39, 0.29) is 22.8 Å². The number of hydrogen-bond acceptors (Lipinski definition) is 3. The summed E-state index contributed by atoms with van der Waals surface area (Å²) >= 11 is 0. The molecule has 16 heavy (non-hydrogen) atoms. The lowest BCUT2D eigenvalue weighted by atomic mass is 9.93. The van der Waals surface area contributed by atoms with E-state index < -0.39 is 5.82 Å². The first kappa shape index (κ1) is 10.9. The Balaban J connectivity index is 2.19. The topological polar surface area (TPSA) is 66.6 Å². The molecule has 5 heteroatoms. The Morgan fingerprint density at radius 3 is 2.75 bits per heavy atom. The average Bonchev–Trinajstić information content (AvgIpc) is 2.17. The van der Waals surface area contributed by atoms with Gasteiger partial charge in [-0.3, -0.25) is 4.79 Å². The van der Waals surface area contributed by atoms with E-state index in [2.05, 4.69) is 0 Å². The molecular formula is C11H13FN2O2. The van der Waals surface area contributed by atoms with Gasteiger partial charge in [0.05, 0.1) is 5.56 Å². The summed E-state index contributed by atoms with van der Waals surface area (Å²) in [6.45, 7) is 2.67. The number of halogens is 1. The van der Waals surface area contributed by atoms with Crippen molar-refractivity contribution < 1.29 is 14.3 Å². The van der Waals surface area contributed by atoms with E-state index in [1.54, 1.807) is 0 Å². The monoisotopic (exact) mass is 224 g/mol. The van der Waals surface area contributed by atoms with E-state index in [1.807, 2.05) is 6.92 Å². The van der Waals surface area contributed by atoms with Crippen molar-refractivity contribution in [2.45, 2.75) is 12.5 Å². The van der Waals surface area contributed by atoms with Gasteiger partial charge in [-0.05, 0) is 25.1 Å². The zero-order valence-corrected chi connectivity index (χ0v) is 8.90. The minimum absolute atomic E-state index is 0.0181. The third-order valence-corrected chi connectivity index (χ3v) is 2.58. The van der Waals surface area contributed by atoms with Gasteiger partial charge in [-0.2, -0.15) is 0 Å². The summed E-state index contributed by atoms with van der Waals surface area (Å²) in [4.78, 5) is 13.3. The molecule has 0 aliphatic carbocycles. The molecule has 0 atom stereocenters. The van der Waals surface area contributed by atoms with Gasteiger partial charge in [0.15, 0.2) is 0 Å². The fraction of sp³-hybridized carbons (Fsp3) is 0.364. The molecule has 1 amide bonds. The second-order valence-electron chi connectivity index (χ2n) is 4.48. The summed E-state index contributed by atoms with van der Waals surface area (Å²) in [7, 11) is 0. The average molecular weight is 224 g/mol. The molecule has 1 aromatic carbocycles. The largest absolute Gasteiger partial charge is 0.507 e. The van der Waals surface area contributed by atoms with Crippen LogP contribution in [0.1, 0.15) is 17.3 Å². The number of amides is 1. The maximum absolute atomic E-state index is 12.9. The predicted molar refractivity (Wildman–Crippen MR) is 56.6 cm³/mol. The molecule has 4 nitrogen and oxygen atoms in total. The van der Waals surface area contributed by atoms with Crippen molar-refractivity contribution in [2.75, 3.05) is 13.1 Å². The molecule has 1 aliphatic heterocycles. The molecule has 0 radical (unpaired) electrons. The molecule has 1 saturated heterocycles. The normalized spacial score (nSPS) is 18.1. The number of carbonyl (C=O) groups is 1. The predicted octanol–water partition coefficient (Wildman–Crippen LogP) is 0.705. The van der Waals surface area contributed by atoms with Crippen molar-refractivity contribution in [2.24, 2.45) is 5.73 Å². The second-order valence-corrected chi connectivity index (χ2v) is 4.48. The quantitative estimate of drug-likeness (QED) is 0.738. The minimum atomic E-state index is -0.544. The van der Waals surface area contributed by atoms with Gasteiger partial charge in [-0.15, -0.1) is 0 Å². The standard InChI is InChI=1S/C11H13FN2O2/c1-11(13)5-14(6-11)10(16)8-4-7(12)2-3-9(8)15/h2-4,15H,5-6,13H2,1H3. The van der Waals surface area contributed by atoms with Crippen LogP contribution in [0, 0.1) is 5.82 Å². The van der Waals surface area contributed by atoms with Gasteiger partial charge in [0.2, 0.25) is 0 Å². The summed E-state index contributed by atoms with van der Waals surface area (Å²) in [5.74, 6) is -1.14. The Morgan fingerprint density at radius 1 is 1.56 bits per heavy atom. The molecule has 0 spiro atoms. The molecule has 0 saturated carbocycles. The highest BCUT2D eigenvalue weighted by Crippen LogP contribution is 2.25. The molecule has 0 aromatic heterocycles. The van der Waals surface area contributed by atoms with Crippen LogP contribution in [-0.4, -0.2) is 34.5 Å². The number of hydrogen-bond donors (Lipinski definition) is 2. The van der Waals surface area contributed by atoms with Gasteiger partial charge >= 0.3 is 0 Å². The first-order valence-corrected chi connectivity index (χ1v) is 4.96. The Morgan fingerprint density at radius 2 is 2.19 bits per heavy atom. The van der Waals surface area contributed by atoms with Crippen LogP contribution < -0.4 is 5.73 Å². The summed E-state index contributed by atoms with van der Waals surface area (Å²) < 4.78 is 12.9. The Hall–Kier alpha value is -1.62. The van der Waals surface area contributed by atoms with Crippen LogP contribution in [0.3, 0.4) is 0 Å². The molecule has 1 heterocycles. The highest BCUT2D eigenvalue weighted by Gasteiger charge is 2.38. The lowest BCUT2D eigenvalue weighted by Crippen LogP contribution is -2.66. The van der Waals surface area contributed by atoms with E-state index >= 15 is 0 Å². The van der Waals surface area contributed by atoms with Crippen molar-refractivity contribution in [3.63, 3.8) is 0 Å². The zero-order valence-electron chi connectivity index (χ0n) is 8.90. The van der Waals surface area contributed by atoms with Crippen LogP contribution >= 0.6 is 0 Å². The van der Waals surface area contributed by atoms with E-state index in [4.69, 9.17) is 5.73 Å². The van der Waals surface area contributed by atoms with E-state index in [9.17, 15) is 14.3 Å². The molecule has 1 fully saturated rings. The summed E-state index contributed by atoms with van der Waals surface area (Å²) in [6, 6.07) is 3.31. The molecule has 86 valence electrons. The van der Waals surface area contributed by atoms with Crippen molar-refractivity contribution >= 4 is 5.91 Å². The number of phenolic OH excluding ortho intramolecular Hbond substituents is 1. The van der Waals surface area contributed by atoms with Gasteiger partial charge in [0, 0.05) is 18.6 Å². The highest BCUT2D eigenvalue weighted by molar-refractivity contribution is 5.97. The lowest BCUT2D eigenvalue weighted by Gasteiger charge is -2.45. The van der Waals surface area contributed by atoms with E-state index in [0.29, 0.717) is 13.1 Å². The number of benzene rings is 1. The number of nitrogens with two attached hydrogens (primary N) is 1. The number of rotatable bonds is 1. The third kappa shape index (κ3) is 1.86. The van der Waals surface area contributed by atoms with Crippen molar-refractivity contribution in [3.05, 3.63) is 29.6 Å². The second kappa shape index (κ2) is 3.45. The van der Waals surface area contributed by atoms with Crippen LogP contribution in [0.4, 0.5) is 4.39 Å². The van der Waals surface area contributed by atoms with Gasteiger partial charge in [-0.1, -0.05) is 0 Å². The summed E-state index contributed by atoms with van der Waals surface area (Å²) in [6.07, 6.45) is 0. The number of phenols is 1. The number of carbonyl (C=O) groups excluding carboxylic acids is 1. The SMILES string of the molecule is CC1(N)CN(C(=O)c2cc(F)ccc2O)C1. The molecule has 0 unspecified atom stereocenters. The fourth-order valence-electron chi connectivity index (χ4n) is 1.82. The molecule has 0 bridgehead atoms. The number of nitrogens with zero attached hydrogens (tertiary/aromatic N) is 1. The Labute approximate surface area is 92.5 Å². The van der Waals surface area contributed by atoms with Crippen LogP contribution in [0.5, 0.6) is 5.75 Å². The summed E-state index contributed by atoms with van der Waals surface area (Å²) in [5, 5.41) is 9.46. The first-order chi connectivity index (χ1) is 7.39. The van der Waals surface area contributed by atoms with Crippen molar-refractivity contribution in [1.29, 1.82) is 0 Å². The molecular weight excluding hydrogens is 211 g/mol. The molecule has 1 aromatic rings. The Bertz CT molecular complexity index is 438. The van der Waals surface area contributed by atoms with Crippen LogP contribution in [0.25, 0.3) is 0 Å². The Kier molecular flexibility index (Phi) is 2.35. The minimum Gasteiger partial charge on any atom is -0.507 e. The highest BCUT2D eigenvalue weighted by atomic mass is 19.1. The van der Waals surface area contributed by atoms with Gasteiger partial charge in [-0.25, -0.2) is 4.39 Å². The summed E-state index contributed by atoms with van der Waals surface area (Å²) in [5.41, 5.74) is 5.37. The van der Waals surface area contributed by atoms with Gasteiger partial charge in [0.1, 0.15) is 11.6 Å². The van der Waals surface area contributed by atoms with Gasteiger partial charge in [0.25, 0.3) is 5.91 Å². The van der Waals surface area contributed by atoms with Crippen LogP contribution in [0.15, 0.2) is 18.2 Å². The van der Waals surface area contributed by atoms with Gasteiger partial charge < -0.3 is 15.7 Å². The smallest absolute Gasteiger partial charge is 0.257 e. The number of likely N-dealkylation sites (tertiary alicyclic amines) is 1. The van der Waals surface area contributed by atoms with Crippen LogP contribution in [0.2, 0.25) is 0 Å². The maximum atomic E-state index is 12.9. The lowest BCUT2D eigenvalue weighted by molar-refractivity contribution is 0.0450. The molecule has 2 rings (SSSR count). The molecule has 3 N–H and O–H groups in total. The maximum Gasteiger partial charge on any atom is 0.257 e. The first-order valence-electron chi connectivity index (χ1n) is 4.96.